The zero-order chi connectivity index (χ0) is 15.1. The van der Waals surface area contributed by atoms with Crippen LogP contribution in [-0.4, -0.2) is 47.9 Å². The molecule has 1 aliphatic heterocycles. The molecule has 2 rings (SSSR count). The number of nitrogens with zero attached hydrogens (tertiary/aromatic N) is 2. The van der Waals surface area contributed by atoms with Crippen molar-refractivity contribution in [2.75, 3.05) is 31.1 Å². The number of amides is 1. The minimum Gasteiger partial charge on any atom is -0.370 e. The molecule has 1 aromatic rings. The van der Waals surface area contributed by atoms with Gasteiger partial charge in [0.2, 0.25) is 0 Å². The molecule has 22 heavy (non-hydrogen) atoms. The molecule has 1 aromatic carbocycles. The van der Waals surface area contributed by atoms with Crippen LogP contribution in [0, 0.1) is 0 Å². The minimum atomic E-state index is -0.0436. The summed E-state index contributed by atoms with van der Waals surface area (Å²) in [4.78, 5) is 18.2. The van der Waals surface area contributed by atoms with Gasteiger partial charge in [-0.05, 0) is 24.6 Å². The van der Waals surface area contributed by atoms with Gasteiger partial charge in [0.25, 0.3) is 5.91 Å². The molecule has 3 N–H and O–H groups in total. The first-order valence-electron chi connectivity index (χ1n) is 7.20. The lowest BCUT2D eigenvalue weighted by Crippen LogP contribution is -2.42. The summed E-state index contributed by atoms with van der Waals surface area (Å²) in [5, 5.41) is 2.78. The highest BCUT2D eigenvalue weighted by Crippen LogP contribution is 2.10. The molecule has 0 spiro atoms. The lowest BCUT2D eigenvalue weighted by molar-refractivity contribution is 0.0956. The van der Waals surface area contributed by atoms with E-state index >= 15 is 0 Å². The van der Waals surface area contributed by atoms with Gasteiger partial charge in [0.05, 0.1) is 6.54 Å². The van der Waals surface area contributed by atoms with Gasteiger partial charge in [-0.15, -0.1) is 24.0 Å². The highest BCUT2D eigenvalue weighted by Gasteiger charge is 2.11. The quantitative estimate of drug-likeness (QED) is 0.432. The maximum atomic E-state index is 11.7. The van der Waals surface area contributed by atoms with E-state index in [0.29, 0.717) is 24.6 Å². The van der Waals surface area contributed by atoms with Gasteiger partial charge in [-0.25, -0.2) is 4.99 Å². The molecular formula is C15H23IN4OS. The molecule has 1 aliphatic rings. The van der Waals surface area contributed by atoms with Gasteiger partial charge in [0.1, 0.15) is 0 Å². The fourth-order valence-electron chi connectivity index (χ4n) is 2.09. The molecule has 1 fully saturated rings. The van der Waals surface area contributed by atoms with Crippen LogP contribution in [0.3, 0.4) is 0 Å². The van der Waals surface area contributed by atoms with Gasteiger partial charge in [-0.1, -0.05) is 12.1 Å². The van der Waals surface area contributed by atoms with Crippen molar-refractivity contribution >= 4 is 47.6 Å². The van der Waals surface area contributed by atoms with Crippen LogP contribution >= 0.6 is 35.7 Å². The van der Waals surface area contributed by atoms with E-state index in [-0.39, 0.29) is 29.9 Å². The summed E-state index contributed by atoms with van der Waals surface area (Å²) in [7, 11) is 0. The first-order chi connectivity index (χ1) is 10.2. The summed E-state index contributed by atoms with van der Waals surface area (Å²) < 4.78 is 0. The molecule has 122 valence electrons. The zero-order valence-electron chi connectivity index (χ0n) is 12.7. The Balaban J connectivity index is 0.00000242. The molecule has 1 saturated heterocycles. The van der Waals surface area contributed by atoms with Crippen LogP contribution in [0.2, 0.25) is 0 Å². The lowest BCUT2D eigenvalue weighted by Gasteiger charge is -2.27. The number of nitrogens with one attached hydrogen (secondary N) is 1. The average molecular weight is 434 g/mol. The van der Waals surface area contributed by atoms with Crippen LogP contribution in [-0.2, 0) is 6.54 Å². The van der Waals surface area contributed by atoms with Crippen molar-refractivity contribution < 1.29 is 4.79 Å². The summed E-state index contributed by atoms with van der Waals surface area (Å²) in [6, 6.07) is 7.49. The second kappa shape index (κ2) is 9.94. The van der Waals surface area contributed by atoms with Gasteiger partial charge < -0.3 is 16.0 Å². The van der Waals surface area contributed by atoms with Gasteiger partial charge in [-0.2, -0.15) is 11.8 Å². The molecule has 1 heterocycles. The Morgan fingerprint density at radius 1 is 1.32 bits per heavy atom. The Bertz CT molecular complexity index is 501. The molecule has 7 heteroatoms. The van der Waals surface area contributed by atoms with Gasteiger partial charge >= 0.3 is 0 Å². The van der Waals surface area contributed by atoms with Crippen LogP contribution in [0.1, 0.15) is 22.8 Å². The molecule has 0 bridgehead atoms. The van der Waals surface area contributed by atoms with Crippen molar-refractivity contribution in [3.05, 3.63) is 35.4 Å². The van der Waals surface area contributed by atoms with E-state index in [4.69, 9.17) is 5.73 Å². The zero-order valence-corrected chi connectivity index (χ0v) is 15.9. The number of benzene rings is 1. The van der Waals surface area contributed by atoms with Crippen LogP contribution in [0.15, 0.2) is 29.3 Å². The predicted octanol–water partition coefficient (Wildman–Crippen LogP) is 1.92. The number of rotatable bonds is 4. The SMILES string of the molecule is CCNC(=O)c1ccc(CN=C(N)N2CCSCC2)cc1.I. The van der Waals surface area contributed by atoms with Gasteiger partial charge in [0, 0.05) is 36.7 Å². The third kappa shape index (κ3) is 5.68. The highest BCUT2D eigenvalue weighted by atomic mass is 127. The fraction of sp³-hybridized carbons (Fsp3) is 0.467. The number of carbonyl (C=O) groups excluding carboxylic acids is 1. The van der Waals surface area contributed by atoms with Gasteiger partial charge in [-0.3, -0.25) is 4.79 Å². The van der Waals surface area contributed by atoms with Crippen LogP contribution in [0.25, 0.3) is 0 Å². The van der Waals surface area contributed by atoms with Crippen molar-refractivity contribution in [1.82, 2.24) is 10.2 Å². The number of carbonyl (C=O) groups is 1. The van der Waals surface area contributed by atoms with E-state index in [1.807, 2.05) is 43.0 Å². The summed E-state index contributed by atoms with van der Waals surface area (Å²) in [6.45, 7) is 5.02. The summed E-state index contributed by atoms with van der Waals surface area (Å²) >= 11 is 1.95. The first-order valence-corrected chi connectivity index (χ1v) is 8.36. The lowest BCUT2D eigenvalue weighted by atomic mass is 10.1. The van der Waals surface area contributed by atoms with E-state index in [9.17, 15) is 4.79 Å². The normalized spacial score (nSPS) is 15.1. The van der Waals surface area contributed by atoms with Crippen molar-refractivity contribution in [1.29, 1.82) is 0 Å². The Labute approximate surface area is 153 Å². The third-order valence-electron chi connectivity index (χ3n) is 3.31. The number of hydrogen-bond acceptors (Lipinski definition) is 3. The number of halogens is 1. The maximum Gasteiger partial charge on any atom is 0.251 e. The molecule has 0 saturated carbocycles. The Morgan fingerprint density at radius 2 is 1.95 bits per heavy atom. The number of guanidine groups is 1. The first kappa shape index (κ1) is 19.1. The van der Waals surface area contributed by atoms with E-state index in [1.54, 1.807) is 0 Å². The van der Waals surface area contributed by atoms with E-state index in [1.165, 1.54) is 0 Å². The second-order valence-electron chi connectivity index (χ2n) is 4.83. The molecule has 0 aromatic heterocycles. The summed E-state index contributed by atoms with van der Waals surface area (Å²) in [5.41, 5.74) is 7.74. The monoisotopic (exact) mass is 434 g/mol. The number of nitrogens with two attached hydrogens (primary N) is 1. The average Bonchev–Trinajstić information content (AvgIpc) is 2.54. The summed E-state index contributed by atoms with van der Waals surface area (Å²) in [5.74, 6) is 2.79. The third-order valence-corrected chi connectivity index (χ3v) is 4.25. The molecule has 0 aliphatic carbocycles. The Kier molecular flexibility index (Phi) is 8.62. The van der Waals surface area contributed by atoms with Crippen molar-refractivity contribution in [2.45, 2.75) is 13.5 Å². The van der Waals surface area contributed by atoms with Crippen LogP contribution in [0.5, 0.6) is 0 Å². The molecule has 0 radical (unpaired) electrons. The molecule has 5 nitrogen and oxygen atoms in total. The predicted molar refractivity (Wildman–Crippen MR) is 104 cm³/mol. The smallest absolute Gasteiger partial charge is 0.251 e. The topological polar surface area (TPSA) is 70.7 Å². The van der Waals surface area contributed by atoms with E-state index < -0.39 is 0 Å². The second-order valence-corrected chi connectivity index (χ2v) is 6.05. The van der Waals surface area contributed by atoms with Gasteiger partial charge in [0.15, 0.2) is 5.96 Å². The van der Waals surface area contributed by atoms with Crippen molar-refractivity contribution in [2.24, 2.45) is 10.7 Å². The van der Waals surface area contributed by atoms with Crippen LogP contribution in [0.4, 0.5) is 0 Å². The molecule has 0 atom stereocenters. The number of aliphatic imine (C=N–C) groups is 1. The highest BCUT2D eigenvalue weighted by molar-refractivity contribution is 14.0. The number of hydrogen-bond donors (Lipinski definition) is 2. The fourth-order valence-corrected chi connectivity index (χ4v) is 2.99. The Hall–Kier alpha value is -0.960. The van der Waals surface area contributed by atoms with E-state index in [0.717, 1.165) is 30.2 Å². The Morgan fingerprint density at radius 3 is 2.55 bits per heavy atom. The molecule has 1 amide bonds. The van der Waals surface area contributed by atoms with Crippen molar-refractivity contribution in [3.8, 4) is 0 Å². The minimum absolute atomic E-state index is 0. The summed E-state index contributed by atoms with van der Waals surface area (Å²) in [6.07, 6.45) is 0. The molecule has 0 unspecified atom stereocenters. The number of thioether (sulfide) groups is 1. The largest absolute Gasteiger partial charge is 0.370 e. The van der Waals surface area contributed by atoms with Crippen LogP contribution < -0.4 is 11.1 Å². The maximum absolute atomic E-state index is 11.7. The van der Waals surface area contributed by atoms with Crippen molar-refractivity contribution in [3.63, 3.8) is 0 Å². The molecular weight excluding hydrogens is 411 g/mol. The van der Waals surface area contributed by atoms with E-state index in [2.05, 4.69) is 15.2 Å². The standard InChI is InChI=1S/C15H22N4OS.HI/c1-2-17-14(20)13-5-3-12(4-6-13)11-18-15(16)19-7-9-21-10-8-19;/h3-6H,2,7-11H2,1H3,(H2,16,18)(H,17,20);1H.